The Balaban J connectivity index is 1.07. The predicted molar refractivity (Wildman–Crippen MR) is 292 cm³/mol. The summed E-state index contributed by atoms with van der Waals surface area (Å²) in [7, 11) is 0. The molecular weight excluding hydrogens is 847 g/mol. The smallest absolute Gasteiger partial charge is 0.0555 e. The van der Waals surface area contributed by atoms with Crippen LogP contribution in [0.4, 0.5) is 17.1 Å². The number of benzene rings is 11. The number of fused-ring (bicyclic) bond motifs is 7. The van der Waals surface area contributed by atoms with Crippen molar-refractivity contribution in [3.8, 4) is 55.6 Å². The quantitative estimate of drug-likeness (QED) is 0.147. The Bertz CT molecular complexity index is 3950. The van der Waals surface area contributed by atoms with Crippen molar-refractivity contribution < 1.29 is 0 Å². The molecule has 0 spiro atoms. The van der Waals surface area contributed by atoms with E-state index < -0.39 is 0 Å². The monoisotopic (exact) mass is 887 g/mol. The van der Waals surface area contributed by atoms with Crippen LogP contribution in [-0.2, 0) is 0 Å². The highest BCUT2D eigenvalue weighted by Crippen LogP contribution is 2.52. The van der Waals surface area contributed by atoms with Gasteiger partial charge in [0, 0.05) is 46.0 Å². The lowest BCUT2D eigenvalue weighted by Crippen LogP contribution is -2.11. The minimum absolute atomic E-state index is 1.10. The summed E-state index contributed by atoms with van der Waals surface area (Å²) in [5, 5.41) is 7.52. The summed E-state index contributed by atoms with van der Waals surface area (Å²) in [5.41, 5.74) is 15.7. The third kappa shape index (κ3) is 6.82. The molecule has 0 saturated carbocycles. The average molecular weight is 888 g/mol. The average Bonchev–Trinajstić information content (AvgIpc) is 3.98. The Morgan fingerprint density at radius 2 is 0.806 bits per heavy atom. The van der Waals surface area contributed by atoms with E-state index in [0.717, 1.165) is 17.1 Å². The highest BCUT2D eigenvalue weighted by Gasteiger charge is 2.25. The summed E-state index contributed by atoms with van der Waals surface area (Å²) >= 11 is 3.77. The van der Waals surface area contributed by atoms with Gasteiger partial charge in [-0.05, 0) is 109 Å². The zero-order chi connectivity index (χ0) is 44.3. The standard InChI is InChI=1S/C64H41NS2/c1-5-16-42(17-6-1)48-31-36-54-59(40-48)66-58-27-15-26-56(62(54)58)65(50-33-28-47(29-34-50)61-51-25-14-13-24-46(51)30-35-52(61)44-20-9-3-10-21-44)57-39-38-53(45-22-11-4-12-23-45)64-63(57)55-37-32-49(41-60(55)67-64)43-18-7-2-8-19-43/h1-41H. The molecule has 314 valence electrons. The van der Waals surface area contributed by atoms with Gasteiger partial charge in [-0.15, -0.1) is 22.7 Å². The normalized spacial score (nSPS) is 11.6. The molecule has 67 heavy (non-hydrogen) atoms. The van der Waals surface area contributed by atoms with Crippen LogP contribution in [0.1, 0.15) is 0 Å². The van der Waals surface area contributed by atoms with Crippen molar-refractivity contribution in [1.82, 2.24) is 0 Å². The van der Waals surface area contributed by atoms with Crippen molar-refractivity contribution in [1.29, 1.82) is 0 Å². The summed E-state index contributed by atoms with van der Waals surface area (Å²) in [6.07, 6.45) is 0. The van der Waals surface area contributed by atoms with Gasteiger partial charge in [0.2, 0.25) is 0 Å². The molecule has 0 aliphatic heterocycles. The highest BCUT2D eigenvalue weighted by atomic mass is 32.1. The first-order chi connectivity index (χ1) is 33.2. The predicted octanol–water partition coefficient (Wildman–Crippen LogP) is 19.4. The molecule has 11 aromatic carbocycles. The van der Waals surface area contributed by atoms with E-state index in [9.17, 15) is 0 Å². The lowest BCUT2D eigenvalue weighted by atomic mass is 9.89. The van der Waals surface area contributed by atoms with Gasteiger partial charge in [0.1, 0.15) is 0 Å². The number of nitrogens with zero attached hydrogens (tertiary/aromatic N) is 1. The van der Waals surface area contributed by atoms with Crippen molar-refractivity contribution >= 4 is 90.9 Å². The van der Waals surface area contributed by atoms with E-state index in [0.29, 0.717) is 0 Å². The summed E-state index contributed by atoms with van der Waals surface area (Å²) in [6, 6.07) is 91.4. The molecule has 0 aliphatic carbocycles. The molecule has 0 aliphatic rings. The summed E-state index contributed by atoms with van der Waals surface area (Å²) in [6.45, 7) is 0. The second-order valence-corrected chi connectivity index (χ2v) is 19.3. The number of hydrogen-bond acceptors (Lipinski definition) is 3. The molecule has 0 N–H and O–H groups in total. The number of hydrogen-bond donors (Lipinski definition) is 0. The number of thiophene rings is 2. The lowest BCUT2D eigenvalue weighted by molar-refractivity contribution is 1.32. The van der Waals surface area contributed by atoms with E-state index in [2.05, 4.69) is 254 Å². The fourth-order valence-electron chi connectivity index (χ4n) is 10.1. The molecule has 0 saturated heterocycles. The molecule has 0 amide bonds. The van der Waals surface area contributed by atoms with E-state index in [1.807, 2.05) is 22.7 Å². The van der Waals surface area contributed by atoms with Crippen molar-refractivity contribution in [3.05, 3.63) is 249 Å². The molecule has 0 radical (unpaired) electrons. The van der Waals surface area contributed by atoms with Crippen molar-refractivity contribution in [2.75, 3.05) is 4.90 Å². The molecule has 3 heteroatoms. The van der Waals surface area contributed by atoms with Crippen LogP contribution >= 0.6 is 22.7 Å². The van der Waals surface area contributed by atoms with Gasteiger partial charge in [0.15, 0.2) is 0 Å². The maximum absolute atomic E-state index is 2.54. The van der Waals surface area contributed by atoms with Gasteiger partial charge in [-0.2, -0.15) is 0 Å². The topological polar surface area (TPSA) is 3.24 Å². The third-order valence-corrected chi connectivity index (χ3v) is 15.6. The van der Waals surface area contributed by atoms with Crippen molar-refractivity contribution in [3.63, 3.8) is 0 Å². The van der Waals surface area contributed by atoms with Crippen LogP contribution < -0.4 is 4.90 Å². The van der Waals surface area contributed by atoms with Gasteiger partial charge in [-0.25, -0.2) is 0 Å². The van der Waals surface area contributed by atoms with E-state index >= 15 is 0 Å². The van der Waals surface area contributed by atoms with Crippen LogP contribution in [0, 0.1) is 0 Å². The molecule has 0 bridgehead atoms. The van der Waals surface area contributed by atoms with Gasteiger partial charge in [0.25, 0.3) is 0 Å². The Kier molecular flexibility index (Phi) is 9.63. The number of rotatable bonds is 8. The Hall–Kier alpha value is -8.08. The summed E-state index contributed by atoms with van der Waals surface area (Å²) in [5.74, 6) is 0. The second-order valence-electron chi connectivity index (χ2n) is 17.2. The first kappa shape index (κ1) is 39.3. The largest absolute Gasteiger partial charge is 0.309 e. The van der Waals surface area contributed by atoms with Crippen LogP contribution in [0.3, 0.4) is 0 Å². The summed E-state index contributed by atoms with van der Waals surface area (Å²) < 4.78 is 5.10. The second kappa shape index (κ2) is 16.4. The van der Waals surface area contributed by atoms with E-state index in [1.165, 1.54) is 107 Å². The van der Waals surface area contributed by atoms with E-state index in [1.54, 1.807) is 0 Å². The zero-order valence-corrected chi connectivity index (χ0v) is 38.1. The molecule has 2 aromatic heterocycles. The molecule has 0 atom stereocenters. The molecule has 1 nitrogen and oxygen atoms in total. The van der Waals surface area contributed by atoms with Crippen LogP contribution in [0.5, 0.6) is 0 Å². The SMILES string of the molecule is c1ccc(-c2ccc3c(c2)sc2cccc(N(c4ccc(-c5c(-c6ccccc6)ccc6ccccc56)cc4)c4ccc(-c5ccccc5)c5sc6cc(-c7ccccc7)ccc6c45)c23)cc1. The highest BCUT2D eigenvalue weighted by molar-refractivity contribution is 7.26. The minimum atomic E-state index is 1.10. The van der Waals surface area contributed by atoms with Gasteiger partial charge >= 0.3 is 0 Å². The fourth-order valence-corrected chi connectivity index (χ4v) is 12.6. The van der Waals surface area contributed by atoms with Gasteiger partial charge in [-0.1, -0.05) is 206 Å². The first-order valence-corrected chi connectivity index (χ1v) is 24.5. The van der Waals surface area contributed by atoms with E-state index in [4.69, 9.17) is 0 Å². The van der Waals surface area contributed by atoms with Crippen LogP contribution in [-0.4, -0.2) is 0 Å². The number of anilines is 3. The molecule has 2 heterocycles. The lowest BCUT2D eigenvalue weighted by Gasteiger charge is -2.28. The van der Waals surface area contributed by atoms with Gasteiger partial charge in [0.05, 0.1) is 11.4 Å². The molecular formula is C64H41NS2. The molecule has 0 unspecified atom stereocenters. The van der Waals surface area contributed by atoms with E-state index in [-0.39, 0.29) is 0 Å². The molecule has 13 aromatic rings. The first-order valence-electron chi connectivity index (χ1n) is 22.8. The fraction of sp³-hybridized carbons (Fsp3) is 0. The van der Waals surface area contributed by atoms with Crippen LogP contribution in [0.2, 0.25) is 0 Å². The maximum atomic E-state index is 2.54. The molecule has 0 fully saturated rings. The minimum Gasteiger partial charge on any atom is -0.309 e. The van der Waals surface area contributed by atoms with Gasteiger partial charge in [-0.3, -0.25) is 0 Å². The molecule has 13 rings (SSSR count). The van der Waals surface area contributed by atoms with Gasteiger partial charge < -0.3 is 4.90 Å². The summed E-state index contributed by atoms with van der Waals surface area (Å²) in [4.78, 5) is 2.54. The third-order valence-electron chi connectivity index (χ3n) is 13.3. The van der Waals surface area contributed by atoms with Crippen LogP contribution in [0.25, 0.3) is 107 Å². The Morgan fingerprint density at radius 1 is 0.284 bits per heavy atom. The van der Waals surface area contributed by atoms with Crippen molar-refractivity contribution in [2.24, 2.45) is 0 Å². The Morgan fingerprint density at radius 3 is 1.46 bits per heavy atom. The maximum Gasteiger partial charge on any atom is 0.0555 e. The Labute approximate surface area is 397 Å². The van der Waals surface area contributed by atoms with Crippen molar-refractivity contribution in [2.45, 2.75) is 0 Å². The van der Waals surface area contributed by atoms with Crippen LogP contribution in [0.15, 0.2) is 249 Å². The zero-order valence-electron chi connectivity index (χ0n) is 36.4.